The predicted molar refractivity (Wildman–Crippen MR) is 125 cm³/mol. The number of carbonyl (C=O) groups excluding carboxylic acids is 1. The Balaban J connectivity index is 1.38. The maximum Gasteiger partial charge on any atom is 0.258 e. The van der Waals surface area contributed by atoms with E-state index in [-0.39, 0.29) is 17.0 Å². The van der Waals surface area contributed by atoms with Crippen LogP contribution in [0.15, 0.2) is 73.1 Å². The number of anilines is 2. The Kier molecular flexibility index (Phi) is 5.26. The molecule has 9 heteroatoms. The van der Waals surface area contributed by atoms with Crippen LogP contribution in [0.5, 0.6) is 0 Å². The minimum atomic E-state index is -3.43. The molecule has 0 radical (unpaired) electrons. The third-order valence-corrected chi connectivity index (χ3v) is 7.36. The van der Waals surface area contributed by atoms with Crippen LogP contribution in [0.2, 0.25) is 0 Å². The minimum Gasteiger partial charge on any atom is -0.322 e. The van der Waals surface area contributed by atoms with Gasteiger partial charge in [-0.1, -0.05) is 12.1 Å². The molecule has 1 saturated heterocycles. The van der Waals surface area contributed by atoms with Crippen LogP contribution in [-0.4, -0.2) is 36.6 Å². The number of rotatable bonds is 4. The number of amides is 1. The van der Waals surface area contributed by atoms with Crippen LogP contribution in [0.4, 0.5) is 15.8 Å². The summed E-state index contributed by atoms with van der Waals surface area (Å²) in [6, 6.07) is 16.6. The van der Waals surface area contributed by atoms with Gasteiger partial charge in [0.25, 0.3) is 5.91 Å². The van der Waals surface area contributed by atoms with Gasteiger partial charge in [-0.25, -0.2) is 17.8 Å². The van der Waals surface area contributed by atoms with Gasteiger partial charge in [0.05, 0.1) is 28.2 Å². The van der Waals surface area contributed by atoms with Crippen molar-refractivity contribution in [1.29, 1.82) is 0 Å². The molecular formula is C24H19FN4O3S. The first-order chi connectivity index (χ1) is 15.9. The lowest BCUT2D eigenvalue weighted by Crippen LogP contribution is -2.25. The summed E-state index contributed by atoms with van der Waals surface area (Å²) in [7, 11) is -3.43. The molecule has 0 aliphatic carbocycles. The minimum absolute atomic E-state index is 0.0378. The summed E-state index contributed by atoms with van der Waals surface area (Å²) >= 11 is 0. The Morgan fingerprint density at radius 1 is 1.06 bits per heavy atom. The number of carbonyl (C=O) groups is 1. The molecule has 5 rings (SSSR count). The van der Waals surface area contributed by atoms with E-state index in [9.17, 15) is 17.6 Å². The fraction of sp³-hybridized carbons (Fsp3) is 0.125. The van der Waals surface area contributed by atoms with E-state index < -0.39 is 21.7 Å². The first-order valence-corrected chi connectivity index (χ1v) is 11.9. The first kappa shape index (κ1) is 21.0. The van der Waals surface area contributed by atoms with Crippen molar-refractivity contribution in [3.8, 4) is 11.3 Å². The molecule has 7 nitrogen and oxygen atoms in total. The molecule has 0 saturated carbocycles. The zero-order chi connectivity index (χ0) is 23.0. The van der Waals surface area contributed by atoms with Gasteiger partial charge in [0.15, 0.2) is 0 Å². The summed E-state index contributed by atoms with van der Waals surface area (Å²) in [5.41, 5.74) is 2.87. The monoisotopic (exact) mass is 462 g/mol. The lowest BCUT2D eigenvalue weighted by molar-refractivity contribution is 0.102. The first-order valence-electron chi connectivity index (χ1n) is 10.3. The van der Waals surface area contributed by atoms with Gasteiger partial charge in [-0.05, 0) is 55.0 Å². The second-order valence-electron chi connectivity index (χ2n) is 7.71. The van der Waals surface area contributed by atoms with Gasteiger partial charge in [-0.2, -0.15) is 0 Å². The lowest BCUT2D eigenvalue weighted by Gasteiger charge is -2.17. The van der Waals surface area contributed by atoms with Crippen LogP contribution in [-0.2, 0) is 10.0 Å². The standard InChI is InChI=1S/C24H19FN4O3S/c25-21-14-19(29-11-2-12-33(29,31)32)6-7-20(21)24(30)27-18-4-1-3-16(13-18)22-8-5-17-15-26-10-9-23(17)28-22/h1,3-10,13-15H,2,11-12H2,(H,27,30). The third-order valence-electron chi connectivity index (χ3n) is 5.49. The van der Waals surface area contributed by atoms with Crippen molar-refractivity contribution in [3.63, 3.8) is 0 Å². The largest absolute Gasteiger partial charge is 0.322 e. The van der Waals surface area contributed by atoms with Crippen molar-refractivity contribution in [2.75, 3.05) is 21.9 Å². The summed E-state index contributed by atoms with van der Waals surface area (Å²) in [5, 5.41) is 3.63. The molecule has 3 heterocycles. The number of halogens is 1. The van der Waals surface area contributed by atoms with E-state index in [1.807, 2.05) is 24.3 Å². The molecule has 1 fully saturated rings. The number of sulfonamides is 1. The second kappa shape index (κ2) is 8.25. The molecule has 0 unspecified atom stereocenters. The van der Waals surface area contributed by atoms with Crippen molar-refractivity contribution >= 4 is 38.2 Å². The van der Waals surface area contributed by atoms with Crippen molar-refractivity contribution in [2.24, 2.45) is 0 Å². The molecule has 2 aromatic carbocycles. The van der Waals surface area contributed by atoms with E-state index in [0.29, 0.717) is 18.7 Å². The summed E-state index contributed by atoms with van der Waals surface area (Å²) in [4.78, 5) is 21.4. The van der Waals surface area contributed by atoms with Crippen LogP contribution in [0.3, 0.4) is 0 Å². The molecule has 1 aliphatic rings. The van der Waals surface area contributed by atoms with Crippen LogP contribution in [0.1, 0.15) is 16.8 Å². The Morgan fingerprint density at radius 2 is 1.94 bits per heavy atom. The van der Waals surface area contributed by atoms with Gasteiger partial charge in [0.2, 0.25) is 10.0 Å². The summed E-state index contributed by atoms with van der Waals surface area (Å²) < 4.78 is 40.0. The maximum atomic E-state index is 14.7. The average Bonchev–Trinajstić information content (AvgIpc) is 3.17. The van der Waals surface area contributed by atoms with Crippen molar-refractivity contribution < 1.29 is 17.6 Å². The topological polar surface area (TPSA) is 92.3 Å². The smallest absolute Gasteiger partial charge is 0.258 e. The molecular weight excluding hydrogens is 443 g/mol. The summed E-state index contributed by atoms with van der Waals surface area (Å²) in [6.07, 6.45) is 3.90. The Morgan fingerprint density at radius 3 is 2.73 bits per heavy atom. The van der Waals surface area contributed by atoms with Gasteiger partial charge >= 0.3 is 0 Å². The normalized spacial score (nSPS) is 15.0. The zero-order valence-corrected chi connectivity index (χ0v) is 18.2. The van der Waals surface area contributed by atoms with E-state index in [0.717, 1.165) is 28.2 Å². The molecule has 1 N–H and O–H groups in total. The highest BCUT2D eigenvalue weighted by Crippen LogP contribution is 2.27. The quantitative estimate of drug-likeness (QED) is 0.490. The Labute approximate surface area is 190 Å². The molecule has 0 bridgehead atoms. The van der Waals surface area contributed by atoms with Crippen LogP contribution >= 0.6 is 0 Å². The number of hydrogen-bond acceptors (Lipinski definition) is 5. The average molecular weight is 463 g/mol. The number of benzene rings is 2. The zero-order valence-electron chi connectivity index (χ0n) is 17.4. The van der Waals surface area contributed by atoms with Crippen LogP contribution in [0, 0.1) is 5.82 Å². The van der Waals surface area contributed by atoms with E-state index in [2.05, 4.69) is 15.3 Å². The Hall–Kier alpha value is -3.85. The number of nitrogens with zero attached hydrogens (tertiary/aromatic N) is 3. The van der Waals surface area contributed by atoms with E-state index in [1.54, 1.807) is 30.6 Å². The number of aromatic nitrogens is 2. The van der Waals surface area contributed by atoms with Gasteiger partial charge < -0.3 is 5.32 Å². The number of nitrogens with one attached hydrogen (secondary N) is 1. The van der Waals surface area contributed by atoms with Crippen molar-refractivity contribution in [2.45, 2.75) is 6.42 Å². The molecule has 2 aromatic heterocycles. The van der Waals surface area contributed by atoms with Crippen LogP contribution < -0.4 is 9.62 Å². The SMILES string of the molecule is O=C(Nc1cccc(-c2ccc3cnccc3n2)c1)c1ccc(N2CCCS2(=O)=O)cc1F. The molecule has 1 amide bonds. The van der Waals surface area contributed by atoms with Crippen LogP contribution in [0.25, 0.3) is 22.2 Å². The molecule has 4 aromatic rings. The predicted octanol–water partition coefficient (Wildman–Crippen LogP) is 4.23. The Bertz CT molecular complexity index is 1490. The fourth-order valence-electron chi connectivity index (χ4n) is 3.85. The highest BCUT2D eigenvalue weighted by Gasteiger charge is 2.29. The number of pyridine rings is 2. The van der Waals surface area contributed by atoms with Gasteiger partial charge in [0.1, 0.15) is 5.82 Å². The molecule has 166 valence electrons. The highest BCUT2D eigenvalue weighted by molar-refractivity contribution is 7.93. The molecule has 1 aliphatic heterocycles. The van der Waals surface area contributed by atoms with Crippen molar-refractivity contribution in [3.05, 3.63) is 84.4 Å². The third kappa shape index (κ3) is 4.14. The summed E-state index contributed by atoms with van der Waals surface area (Å²) in [6.45, 7) is 0.305. The fourth-order valence-corrected chi connectivity index (χ4v) is 5.41. The molecule has 0 spiro atoms. The van der Waals surface area contributed by atoms with Gasteiger partial charge in [0, 0.05) is 35.6 Å². The van der Waals surface area contributed by atoms with E-state index in [4.69, 9.17) is 0 Å². The molecule has 0 atom stereocenters. The summed E-state index contributed by atoms with van der Waals surface area (Å²) in [5.74, 6) is -1.37. The van der Waals surface area contributed by atoms with Crippen molar-refractivity contribution in [1.82, 2.24) is 9.97 Å². The molecule has 33 heavy (non-hydrogen) atoms. The van der Waals surface area contributed by atoms with E-state index >= 15 is 0 Å². The number of fused-ring (bicyclic) bond motifs is 1. The maximum absolute atomic E-state index is 14.7. The van der Waals surface area contributed by atoms with Gasteiger partial charge in [-0.15, -0.1) is 0 Å². The lowest BCUT2D eigenvalue weighted by atomic mass is 10.1. The van der Waals surface area contributed by atoms with E-state index in [1.165, 1.54) is 16.4 Å². The number of hydrogen-bond donors (Lipinski definition) is 1. The second-order valence-corrected chi connectivity index (χ2v) is 9.72. The highest BCUT2D eigenvalue weighted by atomic mass is 32.2. The van der Waals surface area contributed by atoms with Gasteiger partial charge in [-0.3, -0.25) is 14.1 Å².